The Morgan fingerprint density at radius 1 is 1.25 bits per heavy atom. The fourth-order valence-corrected chi connectivity index (χ4v) is 8.03. The Labute approximate surface area is 165 Å². The summed E-state index contributed by atoms with van der Waals surface area (Å²) in [7, 11) is 0. The average molecular weight is 390 g/mol. The molecule has 2 bridgehead atoms. The summed E-state index contributed by atoms with van der Waals surface area (Å²) in [6.07, 6.45) is -0.558. The van der Waals surface area contributed by atoms with Gasteiger partial charge in [0.1, 0.15) is 6.10 Å². The van der Waals surface area contributed by atoms with Gasteiger partial charge in [-0.25, -0.2) is 0 Å². The summed E-state index contributed by atoms with van der Waals surface area (Å²) in [4.78, 5) is 25.0. The van der Waals surface area contributed by atoms with Crippen LogP contribution in [0.1, 0.15) is 47.0 Å². The lowest BCUT2D eigenvalue weighted by atomic mass is 9.39. The molecule has 5 fully saturated rings. The monoisotopic (exact) mass is 390 g/mol. The molecule has 1 heterocycles. The van der Waals surface area contributed by atoms with Crippen molar-refractivity contribution in [1.82, 2.24) is 0 Å². The van der Waals surface area contributed by atoms with Gasteiger partial charge in [0.2, 0.25) is 0 Å². The van der Waals surface area contributed by atoms with Crippen LogP contribution >= 0.6 is 0 Å². The van der Waals surface area contributed by atoms with Crippen LogP contribution < -0.4 is 0 Å². The number of aliphatic hydroxyl groups is 2. The third-order valence-electron chi connectivity index (χ3n) is 9.17. The van der Waals surface area contributed by atoms with Gasteiger partial charge in [0.15, 0.2) is 5.78 Å². The van der Waals surface area contributed by atoms with E-state index in [2.05, 4.69) is 27.4 Å². The van der Waals surface area contributed by atoms with E-state index in [1.54, 1.807) is 0 Å². The van der Waals surface area contributed by atoms with E-state index < -0.39 is 23.5 Å². The van der Waals surface area contributed by atoms with Gasteiger partial charge in [-0.15, -0.1) is 0 Å². The summed E-state index contributed by atoms with van der Waals surface area (Å²) in [5.41, 5.74) is -1.46. The molecular formula is C22H30O6. The summed E-state index contributed by atoms with van der Waals surface area (Å²) in [5.74, 6) is -1.07. The molecule has 1 spiro atoms. The van der Waals surface area contributed by atoms with Crippen LogP contribution in [0.3, 0.4) is 0 Å². The Morgan fingerprint density at radius 2 is 1.93 bits per heavy atom. The number of esters is 1. The first-order valence-electron chi connectivity index (χ1n) is 10.4. The Kier molecular flexibility index (Phi) is 3.53. The number of hydrogen-bond donors (Lipinski definition) is 2. The summed E-state index contributed by atoms with van der Waals surface area (Å²) in [6.45, 7) is 11.8. The quantitative estimate of drug-likeness (QED) is 0.401. The number of hydrogen-bond acceptors (Lipinski definition) is 6. The fraction of sp³-hybridized carbons (Fsp3) is 0.818. The number of rotatable bonds is 1. The van der Waals surface area contributed by atoms with Gasteiger partial charge in [-0.1, -0.05) is 27.4 Å². The lowest BCUT2D eigenvalue weighted by molar-refractivity contribution is -0.239. The van der Waals surface area contributed by atoms with Crippen molar-refractivity contribution < 1.29 is 29.3 Å². The maximum Gasteiger partial charge on any atom is 0.302 e. The van der Waals surface area contributed by atoms with Crippen LogP contribution in [0.5, 0.6) is 0 Å². The first-order chi connectivity index (χ1) is 13.0. The summed E-state index contributed by atoms with van der Waals surface area (Å²) in [5, 5.41) is 22.6. The highest BCUT2D eigenvalue weighted by molar-refractivity contribution is 6.05. The Balaban J connectivity index is 1.62. The van der Waals surface area contributed by atoms with Crippen molar-refractivity contribution in [2.45, 2.75) is 77.5 Å². The number of carbonyl (C=O) groups is 2. The minimum Gasteiger partial charge on any atom is -0.462 e. The molecule has 1 saturated heterocycles. The van der Waals surface area contributed by atoms with E-state index in [0.717, 1.165) is 6.42 Å². The second-order valence-corrected chi connectivity index (χ2v) is 10.6. The molecule has 154 valence electrons. The van der Waals surface area contributed by atoms with E-state index >= 15 is 0 Å². The third-order valence-corrected chi connectivity index (χ3v) is 9.17. The molecule has 6 nitrogen and oxygen atoms in total. The van der Waals surface area contributed by atoms with E-state index in [4.69, 9.17) is 9.47 Å². The zero-order chi connectivity index (χ0) is 20.4. The predicted octanol–water partition coefficient (Wildman–Crippen LogP) is 1.62. The summed E-state index contributed by atoms with van der Waals surface area (Å²) < 4.78 is 11.7. The Bertz CT molecular complexity index is 788. The molecule has 2 N–H and O–H groups in total. The SMILES string of the molecule is C=C1C(=O)[C@@]23[C@H](O)C[C@@H]4C(C)(C)[C@@H](OC(C)=O)CC[C@@]4(C)[C@@H]2[C@@H]2O[C@@H]2[C@@H]1[C@H]3O. The number of fused-ring (bicyclic) bond motifs is 6. The molecule has 0 aromatic carbocycles. The maximum absolute atomic E-state index is 13.4. The van der Waals surface area contributed by atoms with Crippen molar-refractivity contribution in [3.63, 3.8) is 0 Å². The highest BCUT2D eigenvalue weighted by atomic mass is 16.6. The van der Waals surface area contributed by atoms with Gasteiger partial charge in [-0.05, 0) is 36.2 Å². The first-order valence-corrected chi connectivity index (χ1v) is 10.4. The number of ether oxygens (including phenoxy) is 2. The molecule has 6 heteroatoms. The van der Waals surface area contributed by atoms with Crippen LogP contribution in [-0.2, 0) is 19.1 Å². The van der Waals surface area contributed by atoms with Crippen molar-refractivity contribution in [2.75, 3.05) is 0 Å². The third kappa shape index (κ3) is 1.86. The van der Waals surface area contributed by atoms with E-state index in [0.29, 0.717) is 18.4 Å². The van der Waals surface area contributed by atoms with Crippen molar-refractivity contribution in [2.24, 2.45) is 34.0 Å². The van der Waals surface area contributed by atoms with E-state index in [1.165, 1.54) is 6.92 Å². The second-order valence-electron chi connectivity index (χ2n) is 10.6. The molecule has 10 atom stereocenters. The first kappa shape index (κ1) is 18.8. The van der Waals surface area contributed by atoms with Gasteiger partial charge in [0.25, 0.3) is 0 Å². The molecule has 5 aliphatic rings. The van der Waals surface area contributed by atoms with Crippen molar-refractivity contribution in [1.29, 1.82) is 0 Å². The van der Waals surface area contributed by atoms with Crippen molar-refractivity contribution in [3.8, 4) is 0 Å². The Morgan fingerprint density at radius 3 is 2.57 bits per heavy atom. The van der Waals surface area contributed by atoms with Gasteiger partial charge in [-0.2, -0.15) is 0 Å². The van der Waals surface area contributed by atoms with E-state index in [-0.39, 0.29) is 52.7 Å². The van der Waals surface area contributed by atoms with Crippen LogP contribution in [0.2, 0.25) is 0 Å². The van der Waals surface area contributed by atoms with Crippen LogP contribution in [0.15, 0.2) is 12.2 Å². The van der Waals surface area contributed by atoms with Crippen LogP contribution in [-0.4, -0.2) is 52.5 Å². The molecule has 0 radical (unpaired) electrons. The molecule has 0 unspecified atom stereocenters. The van der Waals surface area contributed by atoms with Gasteiger partial charge in [-0.3, -0.25) is 9.59 Å². The molecule has 5 rings (SSSR count). The van der Waals surface area contributed by atoms with Gasteiger partial charge in [0.05, 0.1) is 29.8 Å². The summed E-state index contributed by atoms with van der Waals surface area (Å²) in [6, 6.07) is 0. The molecule has 28 heavy (non-hydrogen) atoms. The highest BCUT2D eigenvalue weighted by Crippen LogP contribution is 2.74. The number of ketones is 1. The van der Waals surface area contributed by atoms with E-state index in [1.807, 2.05) is 0 Å². The molecule has 0 amide bonds. The van der Waals surface area contributed by atoms with Crippen LogP contribution in [0, 0.1) is 34.0 Å². The molecular weight excluding hydrogens is 360 g/mol. The van der Waals surface area contributed by atoms with Gasteiger partial charge >= 0.3 is 5.97 Å². The average Bonchev–Trinajstić information content (AvgIpc) is 3.35. The standard InChI is InChI=1S/C22H30O6/c1-9-14-15-16(28-15)17-21(5)7-6-13(27-10(2)23)20(3,4)11(21)8-12(24)22(17,18(9)25)19(14)26/h11-17,19,24,26H,1,6-8H2,2-5H3/t11-,12-,13+,14-,15-,16-,17+,19-,21-,22-/m1/s1. The lowest BCUT2D eigenvalue weighted by Crippen LogP contribution is -2.70. The predicted molar refractivity (Wildman–Crippen MR) is 99.0 cm³/mol. The smallest absolute Gasteiger partial charge is 0.302 e. The zero-order valence-corrected chi connectivity index (χ0v) is 17.0. The largest absolute Gasteiger partial charge is 0.462 e. The molecule has 4 saturated carbocycles. The highest BCUT2D eigenvalue weighted by Gasteiger charge is 2.82. The lowest BCUT2D eigenvalue weighted by Gasteiger charge is -2.65. The minimum atomic E-state index is -1.21. The minimum absolute atomic E-state index is 0.0407. The molecule has 0 aromatic rings. The number of Topliss-reactive ketones (excluding diaryl/α,β-unsaturated/α-hetero) is 1. The maximum atomic E-state index is 13.4. The van der Waals surface area contributed by atoms with Gasteiger partial charge in [0, 0.05) is 24.2 Å². The van der Waals surface area contributed by atoms with Crippen LogP contribution in [0.4, 0.5) is 0 Å². The van der Waals surface area contributed by atoms with Gasteiger partial charge < -0.3 is 19.7 Å². The number of aliphatic hydroxyl groups excluding tert-OH is 2. The fourth-order valence-electron chi connectivity index (χ4n) is 8.03. The zero-order valence-electron chi connectivity index (χ0n) is 17.0. The van der Waals surface area contributed by atoms with Crippen molar-refractivity contribution >= 4 is 11.8 Å². The topological polar surface area (TPSA) is 96.4 Å². The normalized spacial score (nSPS) is 55.8. The van der Waals surface area contributed by atoms with Crippen molar-refractivity contribution in [3.05, 3.63) is 12.2 Å². The molecule has 1 aliphatic heterocycles. The Hall–Kier alpha value is -1.24. The van der Waals surface area contributed by atoms with Crippen LogP contribution in [0.25, 0.3) is 0 Å². The number of carbonyl (C=O) groups excluding carboxylic acids is 2. The molecule has 4 aliphatic carbocycles. The second kappa shape index (κ2) is 5.27. The molecule has 0 aromatic heterocycles. The summed E-state index contributed by atoms with van der Waals surface area (Å²) >= 11 is 0. The number of epoxide rings is 1. The van der Waals surface area contributed by atoms with E-state index in [9.17, 15) is 19.8 Å².